The van der Waals surface area contributed by atoms with Gasteiger partial charge in [0.2, 0.25) is 5.91 Å². The molecule has 2 fully saturated rings. The average molecular weight is 300 g/mol. The molecule has 0 aromatic carbocycles. The van der Waals surface area contributed by atoms with Crippen LogP contribution in [0.1, 0.15) is 36.8 Å². The van der Waals surface area contributed by atoms with E-state index in [0.29, 0.717) is 6.42 Å². The lowest BCUT2D eigenvalue weighted by Gasteiger charge is -2.37. The second-order valence-corrected chi connectivity index (χ2v) is 5.59. The first-order valence-electron chi connectivity index (χ1n) is 6.81. The SMILES string of the molecule is O=C1CC2(CCNCC2)C(c2nccc(C(F)(F)F)n2)N1. The van der Waals surface area contributed by atoms with E-state index in [2.05, 4.69) is 20.6 Å². The van der Waals surface area contributed by atoms with Gasteiger partial charge >= 0.3 is 6.18 Å². The van der Waals surface area contributed by atoms with Crippen molar-refractivity contribution in [2.24, 2.45) is 5.41 Å². The topological polar surface area (TPSA) is 66.9 Å². The lowest BCUT2D eigenvalue weighted by atomic mass is 9.72. The van der Waals surface area contributed by atoms with Gasteiger partial charge in [0.1, 0.15) is 5.69 Å². The third-order valence-corrected chi connectivity index (χ3v) is 4.25. The third kappa shape index (κ3) is 2.59. The van der Waals surface area contributed by atoms with E-state index in [0.717, 1.165) is 38.2 Å². The van der Waals surface area contributed by atoms with Crippen LogP contribution in [-0.2, 0) is 11.0 Å². The largest absolute Gasteiger partial charge is 0.433 e. The molecule has 0 aliphatic carbocycles. The van der Waals surface area contributed by atoms with Crippen molar-refractivity contribution in [3.8, 4) is 0 Å². The monoisotopic (exact) mass is 300 g/mol. The van der Waals surface area contributed by atoms with E-state index in [1.54, 1.807) is 0 Å². The summed E-state index contributed by atoms with van der Waals surface area (Å²) in [5.74, 6) is -0.0968. The highest BCUT2D eigenvalue weighted by atomic mass is 19.4. The Balaban J connectivity index is 1.96. The molecule has 1 amide bonds. The van der Waals surface area contributed by atoms with E-state index in [-0.39, 0.29) is 17.1 Å². The Hall–Kier alpha value is -1.70. The van der Waals surface area contributed by atoms with E-state index in [9.17, 15) is 18.0 Å². The maximum absolute atomic E-state index is 12.8. The Kier molecular flexibility index (Phi) is 3.35. The predicted octanol–water partition coefficient (Wildman–Crippen LogP) is 1.43. The molecule has 2 saturated heterocycles. The average Bonchev–Trinajstić information content (AvgIpc) is 2.75. The number of rotatable bonds is 1. The molecule has 1 aromatic heterocycles. The number of carbonyl (C=O) groups excluding carboxylic acids is 1. The zero-order valence-electron chi connectivity index (χ0n) is 11.2. The van der Waals surface area contributed by atoms with Crippen molar-refractivity contribution in [3.05, 3.63) is 23.8 Å². The molecule has 2 N–H and O–H groups in total. The van der Waals surface area contributed by atoms with Gasteiger partial charge in [-0.1, -0.05) is 0 Å². The van der Waals surface area contributed by atoms with E-state index in [4.69, 9.17) is 0 Å². The van der Waals surface area contributed by atoms with E-state index in [1.165, 1.54) is 0 Å². The second-order valence-electron chi connectivity index (χ2n) is 5.59. The van der Waals surface area contributed by atoms with Crippen LogP contribution in [0.5, 0.6) is 0 Å². The second kappa shape index (κ2) is 4.94. The first-order valence-corrected chi connectivity index (χ1v) is 6.81. The first-order chi connectivity index (χ1) is 9.91. The number of amides is 1. The fraction of sp³-hybridized carbons (Fsp3) is 0.615. The number of aromatic nitrogens is 2. The molecule has 1 atom stereocenters. The maximum Gasteiger partial charge on any atom is 0.433 e. The molecule has 0 radical (unpaired) electrons. The van der Waals surface area contributed by atoms with Gasteiger partial charge in [-0.15, -0.1) is 0 Å². The first kappa shape index (κ1) is 14.2. The summed E-state index contributed by atoms with van der Waals surface area (Å²) < 4.78 is 38.3. The summed E-state index contributed by atoms with van der Waals surface area (Å²) in [5, 5.41) is 5.95. The lowest BCUT2D eigenvalue weighted by Crippen LogP contribution is -2.40. The minimum absolute atomic E-state index is 0.0533. The van der Waals surface area contributed by atoms with E-state index >= 15 is 0 Å². The summed E-state index contributed by atoms with van der Waals surface area (Å²) in [6.45, 7) is 1.48. The van der Waals surface area contributed by atoms with Gasteiger partial charge < -0.3 is 10.6 Å². The van der Waals surface area contributed by atoms with Gasteiger partial charge in [-0.05, 0) is 32.0 Å². The Labute approximate surface area is 119 Å². The normalized spacial score (nSPS) is 25.1. The third-order valence-electron chi connectivity index (χ3n) is 4.25. The van der Waals surface area contributed by atoms with Crippen molar-refractivity contribution >= 4 is 5.91 Å². The summed E-state index contributed by atoms with van der Waals surface area (Å²) in [6, 6.07) is 0.296. The van der Waals surface area contributed by atoms with Gasteiger partial charge in [0, 0.05) is 18.0 Å². The van der Waals surface area contributed by atoms with E-state index < -0.39 is 17.9 Å². The quantitative estimate of drug-likeness (QED) is 0.823. The van der Waals surface area contributed by atoms with Crippen molar-refractivity contribution in [2.75, 3.05) is 13.1 Å². The van der Waals surface area contributed by atoms with Crippen LogP contribution >= 0.6 is 0 Å². The van der Waals surface area contributed by atoms with Crippen LogP contribution in [0.15, 0.2) is 12.3 Å². The summed E-state index contributed by atoms with van der Waals surface area (Å²) >= 11 is 0. The Morgan fingerprint density at radius 1 is 1.29 bits per heavy atom. The number of hydrogen-bond acceptors (Lipinski definition) is 4. The molecule has 3 rings (SSSR count). The van der Waals surface area contributed by atoms with Crippen molar-refractivity contribution in [1.29, 1.82) is 0 Å². The van der Waals surface area contributed by atoms with Crippen molar-refractivity contribution in [1.82, 2.24) is 20.6 Å². The minimum atomic E-state index is -4.51. The summed E-state index contributed by atoms with van der Waals surface area (Å²) in [4.78, 5) is 19.4. The van der Waals surface area contributed by atoms with E-state index in [1.807, 2.05) is 0 Å². The highest BCUT2D eigenvalue weighted by Gasteiger charge is 2.49. The van der Waals surface area contributed by atoms with Crippen LogP contribution in [-0.4, -0.2) is 29.0 Å². The molecule has 2 aliphatic rings. The minimum Gasteiger partial charge on any atom is -0.345 e. The molecular weight excluding hydrogens is 285 g/mol. The number of alkyl halides is 3. The Morgan fingerprint density at radius 3 is 2.67 bits per heavy atom. The van der Waals surface area contributed by atoms with Gasteiger partial charge in [0.05, 0.1) is 6.04 Å². The summed E-state index contributed by atoms with van der Waals surface area (Å²) in [7, 11) is 0. The Morgan fingerprint density at radius 2 is 2.00 bits per heavy atom. The molecule has 114 valence electrons. The van der Waals surface area contributed by atoms with Gasteiger partial charge in [-0.2, -0.15) is 13.2 Å². The fourth-order valence-corrected chi connectivity index (χ4v) is 3.19. The molecule has 0 bridgehead atoms. The number of hydrogen-bond donors (Lipinski definition) is 2. The van der Waals surface area contributed by atoms with Crippen LogP contribution in [0.4, 0.5) is 13.2 Å². The number of carbonyl (C=O) groups is 1. The van der Waals surface area contributed by atoms with Crippen molar-refractivity contribution < 1.29 is 18.0 Å². The molecule has 1 aromatic rings. The van der Waals surface area contributed by atoms with Crippen LogP contribution in [0, 0.1) is 5.41 Å². The van der Waals surface area contributed by atoms with Gasteiger partial charge in [-0.25, -0.2) is 9.97 Å². The highest BCUT2D eigenvalue weighted by molar-refractivity contribution is 5.80. The van der Waals surface area contributed by atoms with Gasteiger partial charge in [0.15, 0.2) is 5.82 Å². The summed E-state index contributed by atoms with van der Waals surface area (Å²) in [5.41, 5.74) is -1.36. The molecule has 0 saturated carbocycles. The Bertz CT molecular complexity index is 555. The number of piperidine rings is 1. The molecule has 2 aliphatic heterocycles. The molecule has 1 unspecified atom stereocenters. The van der Waals surface area contributed by atoms with Gasteiger partial charge in [0.25, 0.3) is 0 Å². The molecular formula is C13H15F3N4O. The van der Waals surface area contributed by atoms with Crippen LogP contribution in [0.25, 0.3) is 0 Å². The number of nitrogens with zero attached hydrogens (tertiary/aromatic N) is 2. The molecule has 3 heterocycles. The van der Waals surface area contributed by atoms with Crippen LogP contribution in [0.3, 0.4) is 0 Å². The zero-order valence-corrected chi connectivity index (χ0v) is 11.2. The number of nitrogens with one attached hydrogen (secondary N) is 2. The van der Waals surface area contributed by atoms with Crippen molar-refractivity contribution in [3.63, 3.8) is 0 Å². The lowest BCUT2D eigenvalue weighted by molar-refractivity contribution is -0.141. The molecule has 1 spiro atoms. The molecule has 8 heteroatoms. The maximum atomic E-state index is 12.8. The zero-order chi connectivity index (χ0) is 15.1. The summed E-state index contributed by atoms with van der Waals surface area (Å²) in [6.07, 6.45) is -1.66. The standard InChI is InChI=1S/C13H15F3N4O/c14-13(15,16)8-1-4-18-11(19-8)10-12(7-9(21)20-10)2-5-17-6-3-12/h1,4,10,17H,2-3,5-7H2,(H,20,21). The highest BCUT2D eigenvalue weighted by Crippen LogP contribution is 2.47. The van der Waals surface area contributed by atoms with Gasteiger partial charge in [-0.3, -0.25) is 4.79 Å². The van der Waals surface area contributed by atoms with Crippen LogP contribution < -0.4 is 10.6 Å². The van der Waals surface area contributed by atoms with Crippen LogP contribution in [0.2, 0.25) is 0 Å². The fourth-order valence-electron chi connectivity index (χ4n) is 3.19. The number of halogens is 3. The molecule has 21 heavy (non-hydrogen) atoms. The van der Waals surface area contributed by atoms with Crippen molar-refractivity contribution in [2.45, 2.75) is 31.5 Å². The smallest absolute Gasteiger partial charge is 0.345 e. The molecule has 5 nitrogen and oxygen atoms in total. The predicted molar refractivity (Wildman–Crippen MR) is 67.1 cm³/mol.